The Morgan fingerprint density at radius 2 is 2.12 bits per heavy atom. The molecule has 2 aromatic rings. The maximum Gasteiger partial charge on any atom is 0.247 e. The second-order valence-corrected chi connectivity index (χ2v) is 7.40. The first-order valence-electron chi connectivity index (χ1n) is 8.61. The van der Waals surface area contributed by atoms with Crippen LogP contribution in [0.3, 0.4) is 0 Å². The van der Waals surface area contributed by atoms with E-state index in [0.717, 1.165) is 37.4 Å². The summed E-state index contributed by atoms with van der Waals surface area (Å²) in [6.45, 7) is 2.77. The first-order chi connectivity index (χ1) is 11.8. The van der Waals surface area contributed by atoms with E-state index < -0.39 is 0 Å². The molecule has 4 rings (SSSR count). The van der Waals surface area contributed by atoms with Gasteiger partial charge in [-0.25, -0.2) is 0 Å². The SMILES string of the molecule is ClC1CNCCC1C1(CCOc2ccc(-c3nnco3)cc2)CC1. The van der Waals surface area contributed by atoms with Gasteiger partial charge in [0.15, 0.2) is 0 Å². The quantitative estimate of drug-likeness (QED) is 0.810. The average Bonchev–Trinajstić information content (AvgIpc) is 3.18. The lowest BCUT2D eigenvalue weighted by Gasteiger charge is -2.34. The molecule has 128 valence electrons. The number of nitrogens with zero attached hydrogens (tertiary/aromatic N) is 2. The fourth-order valence-electron chi connectivity index (χ4n) is 3.84. The van der Waals surface area contributed by atoms with E-state index in [-0.39, 0.29) is 5.38 Å². The summed E-state index contributed by atoms with van der Waals surface area (Å²) in [4.78, 5) is 0. The van der Waals surface area contributed by atoms with Gasteiger partial charge < -0.3 is 14.5 Å². The van der Waals surface area contributed by atoms with Crippen molar-refractivity contribution >= 4 is 11.6 Å². The van der Waals surface area contributed by atoms with Gasteiger partial charge in [-0.05, 0) is 67.8 Å². The summed E-state index contributed by atoms with van der Waals surface area (Å²) in [5.41, 5.74) is 1.32. The molecule has 2 fully saturated rings. The molecule has 1 saturated carbocycles. The zero-order valence-electron chi connectivity index (χ0n) is 13.6. The van der Waals surface area contributed by atoms with E-state index in [4.69, 9.17) is 20.8 Å². The van der Waals surface area contributed by atoms with Crippen molar-refractivity contribution in [2.75, 3.05) is 19.7 Å². The molecule has 0 bridgehead atoms. The number of aromatic nitrogens is 2. The average molecular weight is 348 g/mol. The Labute approximate surface area is 146 Å². The molecule has 1 N–H and O–H groups in total. The van der Waals surface area contributed by atoms with Gasteiger partial charge in [0.25, 0.3) is 0 Å². The molecule has 2 heterocycles. The largest absolute Gasteiger partial charge is 0.494 e. The van der Waals surface area contributed by atoms with Crippen LogP contribution < -0.4 is 10.1 Å². The summed E-state index contributed by atoms with van der Waals surface area (Å²) in [6.07, 6.45) is 6.19. The highest BCUT2D eigenvalue weighted by Gasteiger charge is 2.51. The van der Waals surface area contributed by atoms with Crippen LogP contribution in [0.15, 0.2) is 35.1 Å². The first-order valence-corrected chi connectivity index (χ1v) is 9.05. The van der Waals surface area contributed by atoms with Crippen molar-refractivity contribution in [3.05, 3.63) is 30.7 Å². The maximum absolute atomic E-state index is 6.55. The van der Waals surface area contributed by atoms with Crippen LogP contribution in [0.1, 0.15) is 25.7 Å². The fourth-order valence-corrected chi connectivity index (χ4v) is 4.34. The smallest absolute Gasteiger partial charge is 0.247 e. The lowest BCUT2D eigenvalue weighted by molar-refractivity contribution is 0.188. The second-order valence-electron chi connectivity index (χ2n) is 6.84. The van der Waals surface area contributed by atoms with Gasteiger partial charge >= 0.3 is 0 Å². The molecule has 1 aliphatic carbocycles. The molecule has 0 amide bonds. The molecular weight excluding hydrogens is 326 g/mol. The molecule has 1 saturated heterocycles. The molecule has 1 aliphatic heterocycles. The minimum Gasteiger partial charge on any atom is -0.494 e. The van der Waals surface area contributed by atoms with Gasteiger partial charge in [0.05, 0.1) is 6.61 Å². The van der Waals surface area contributed by atoms with Crippen molar-refractivity contribution in [2.45, 2.75) is 31.1 Å². The van der Waals surface area contributed by atoms with Crippen molar-refractivity contribution in [3.8, 4) is 17.2 Å². The topological polar surface area (TPSA) is 60.2 Å². The van der Waals surface area contributed by atoms with Crippen molar-refractivity contribution in [2.24, 2.45) is 11.3 Å². The summed E-state index contributed by atoms with van der Waals surface area (Å²) in [5.74, 6) is 2.03. The third kappa shape index (κ3) is 3.28. The lowest BCUT2D eigenvalue weighted by atomic mass is 9.80. The molecule has 0 radical (unpaired) electrons. The number of piperidine rings is 1. The molecule has 1 aromatic heterocycles. The monoisotopic (exact) mass is 347 g/mol. The van der Waals surface area contributed by atoms with E-state index in [0.29, 0.717) is 17.2 Å². The number of rotatable bonds is 6. The predicted molar refractivity (Wildman–Crippen MR) is 92.1 cm³/mol. The second kappa shape index (κ2) is 6.73. The Hall–Kier alpha value is -1.59. The Morgan fingerprint density at radius 1 is 1.29 bits per heavy atom. The number of benzene rings is 1. The molecule has 2 aliphatic rings. The summed E-state index contributed by atoms with van der Waals surface area (Å²) in [6, 6.07) is 7.79. The molecule has 2 unspecified atom stereocenters. The van der Waals surface area contributed by atoms with E-state index in [9.17, 15) is 0 Å². The summed E-state index contributed by atoms with van der Waals surface area (Å²) >= 11 is 6.55. The standard InChI is InChI=1S/C18H22ClN3O2/c19-16-11-20-9-5-15(16)18(6-7-18)8-10-23-14-3-1-13(2-4-14)17-22-21-12-24-17/h1-4,12,15-16,20H,5-11H2. The number of halogens is 1. The van der Waals surface area contributed by atoms with Crippen LogP contribution in [-0.4, -0.2) is 35.3 Å². The van der Waals surface area contributed by atoms with Crippen LogP contribution in [0, 0.1) is 11.3 Å². The van der Waals surface area contributed by atoms with E-state index in [1.165, 1.54) is 25.7 Å². The van der Waals surface area contributed by atoms with Gasteiger partial charge in [-0.15, -0.1) is 21.8 Å². The van der Waals surface area contributed by atoms with Crippen LogP contribution in [0.4, 0.5) is 0 Å². The number of alkyl halides is 1. The third-order valence-electron chi connectivity index (χ3n) is 5.42. The highest BCUT2D eigenvalue weighted by atomic mass is 35.5. The number of hydrogen-bond donors (Lipinski definition) is 1. The van der Waals surface area contributed by atoms with Gasteiger partial charge in [-0.3, -0.25) is 0 Å². The molecule has 1 aromatic carbocycles. The minimum atomic E-state index is 0.259. The van der Waals surface area contributed by atoms with E-state index in [1.807, 2.05) is 24.3 Å². The van der Waals surface area contributed by atoms with E-state index in [1.54, 1.807) is 0 Å². The maximum atomic E-state index is 6.55. The number of ether oxygens (including phenoxy) is 1. The highest BCUT2D eigenvalue weighted by molar-refractivity contribution is 6.21. The summed E-state index contributed by atoms with van der Waals surface area (Å²) < 4.78 is 11.1. The van der Waals surface area contributed by atoms with Crippen molar-refractivity contribution < 1.29 is 9.15 Å². The normalized spacial score (nSPS) is 25.4. The molecular formula is C18H22ClN3O2. The predicted octanol–water partition coefficient (Wildman–Crippen LogP) is 3.50. The van der Waals surface area contributed by atoms with Crippen molar-refractivity contribution in [3.63, 3.8) is 0 Å². The molecule has 24 heavy (non-hydrogen) atoms. The fraction of sp³-hybridized carbons (Fsp3) is 0.556. The van der Waals surface area contributed by atoms with Crippen molar-refractivity contribution in [1.29, 1.82) is 0 Å². The van der Waals surface area contributed by atoms with E-state index >= 15 is 0 Å². The third-order valence-corrected chi connectivity index (χ3v) is 5.88. The highest BCUT2D eigenvalue weighted by Crippen LogP contribution is 2.58. The van der Waals surface area contributed by atoms with Crippen molar-refractivity contribution in [1.82, 2.24) is 15.5 Å². The van der Waals surface area contributed by atoms with Crippen LogP contribution in [-0.2, 0) is 0 Å². The Bertz CT molecular complexity index is 655. The lowest BCUT2D eigenvalue weighted by Crippen LogP contribution is -2.41. The molecule has 6 heteroatoms. The summed E-state index contributed by atoms with van der Waals surface area (Å²) in [7, 11) is 0. The van der Waals surface area contributed by atoms with Gasteiger partial charge in [0, 0.05) is 17.5 Å². The zero-order valence-corrected chi connectivity index (χ0v) is 14.3. The molecule has 5 nitrogen and oxygen atoms in total. The first kappa shape index (κ1) is 15.9. The van der Waals surface area contributed by atoms with Gasteiger partial charge in [-0.2, -0.15) is 0 Å². The van der Waals surface area contributed by atoms with Crippen LogP contribution >= 0.6 is 11.6 Å². The zero-order chi connectivity index (χ0) is 16.4. The Morgan fingerprint density at radius 3 is 2.79 bits per heavy atom. The number of nitrogens with one attached hydrogen (secondary N) is 1. The van der Waals surface area contributed by atoms with Gasteiger partial charge in [-0.1, -0.05) is 0 Å². The molecule has 0 spiro atoms. The van der Waals surface area contributed by atoms with Crippen LogP contribution in [0.25, 0.3) is 11.5 Å². The minimum absolute atomic E-state index is 0.259. The number of hydrogen-bond acceptors (Lipinski definition) is 5. The van der Waals surface area contributed by atoms with Gasteiger partial charge in [0.2, 0.25) is 12.3 Å². The molecule has 2 atom stereocenters. The Kier molecular flexibility index (Phi) is 4.46. The van der Waals surface area contributed by atoms with Gasteiger partial charge in [0.1, 0.15) is 5.75 Å². The van der Waals surface area contributed by atoms with Crippen LogP contribution in [0.5, 0.6) is 5.75 Å². The summed E-state index contributed by atoms with van der Waals surface area (Å²) in [5, 5.41) is 11.2. The van der Waals surface area contributed by atoms with Crippen LogP contribution in [0.2, 0.25) is 0 Å². The Balaban J connectivity index is 1.31. The van der Waals surface area contributed by atoms with E-state index in [2.05, 4.69) is 15.5 Å².